The van der Waals surface area contributed by atoms with Gasteiger partial charge in [-0.3, -0.25) is 9.62 Å². The van der Waals surface area contributed by atoms with Crippen molar-refractivity contribution in [1.82, 2.24) is 9.88 Å². The summed E-state index contributed by atoms with van der Waals surface area (Å²) in [6, 6.07) is 5.45. The molecule has 0 radical (unpaired) electrons. The second-order valence-corrected chi connectivity index (χ2v) is 7.70. The van der Waals surface area contributed by atoms with Gasteiger partial charge in [0, 0.05) is 25.0 Å². The lowest BCUT2D eigenvalue weighted by Crippen LogP contribution is -2.31. The number of fused-ring (bicyclic) bond motifs is 1. The molecular weight excluding hydrogens is 343 g/mol. The number of benzene rings is 1. The molecule has 6 nitrogen and oxygen atoms in total. The van der Waals surface area contributed by atoms with E-state index in [4.69, 9.17) is 5.26 Å². The average Bonchev–Trinajstić information content (AvgIpc) is 3.01. The molecule has 8 heteroatoms. The molecule has 2 heterocycles. The predicted molar refractivity (Wildman–Crippen MR) is 92.0 cm³/mol. The van der Waals surface area contributed by atoms with Gasteiger partial charge in [-0.2, -0.15) is 5.26 Å². The lowest BCUT2D eigenvalue weighted by atomic mass is 10.1. The zero-order chi connectivity index (χ0) is 18.0. The van der Waals surface area contributed by atoms with Gasteiger partial charge < -0.3 is 4.98 Å². The first-order valence-corrected chi connectivity index (χ1v) is 9.57. The number of halogens is 1. The largest absolute Gasteiger partial charge is 0.362 e. The first-order chi connectivity index (χ1) is 11.9. The van der Waals surface area contributed by atoms with Gasteiger partial charge in [0.1, 0.15) is 10.7 Å². The Balaban J connectivity index is 1.86. The van der Waals surface area contributed by atoms with E-state index in [1.807, 2.05) is 6.07 Å². The van der Waals surface area contributed by atoms with E-state index >= 15 is 0 Å². The number of aromatic amines is 1. The molecule has 0 amide bonds. The molecule has 1 aromatic carbocycles. The fourth-order valence-electron chi connectivity index (χ4n) is 3.08. The lowest BCUT2D eigenvalue weighted by Gasteiger charge is -2.26. The van der Waals surface area contributed by atoms with Crippen molar-refractivity contribution in [2.75, 3.05) is 17.8 Å². The summed E-state index contributed by atoms with van der Waals surface area (Å²) in [6.07, 6.45) is 3.13. The van der Waals surface area contributed by atoms with E-state index in [1.54, 1.807) is 0 Å². The van der Waals surface area contributed by atoms with Gasteiger partial charge in [0.25, 0.3) is 10.0 Å². The van der Waals surface area contributed by atoms with Gasteiger partial charge in [0.15, 0.2) is 0 Å². The molecule has 0 unspecified atom stereocenters. The Morgan fingerprint density at radius 2 is 2.24 bits per heavy atom. The number of H-pyrrole nitrogens is 1. The number of nitrogens with one attached hydrogen (secondary N) is 2. The Hall–Kier alpha value is -2.37. The summed E-state index contributed by atoms with van der Waals surface area (Å²) in [4.78, 5) is 5.46. The summed E-state index contributed by atoms with van der Waals surface area (Å²) >= 11 is 0. The number of rotatable bonds is 5. The summed E-state index contributed by atoms with van der Waals surface area (Å²) in [7, 11) is -3.91. The Labute approximate surface area is 146 Å². The molecule has 3 rings (SSSR count). The van der Waals surface area contributed by atoms with E-state index < -0.39 is 15.8 Å². The molecule has 1 aliphatic heterocycles. The Morgan fingerprint density at radius 3 is 2.92 bits per heavy atom. The molecule has 0 spiro atoms. The van der Waals surface area contributed by atoms with Crippen LogP contribution in [0, 0.1) is 17.1 Å². The van der Waals surface area contributed by atoms with Crippen LogP contribution < -0.4 is 4.72 Å². The fraction of sp³-hybridized carbons (Fsp3) is 0.353. The quantitative estimate of drug-likeness (QED) is 0.856. The molecule has 0 aliphatic carbocycles. The van der Waals surface area contributed by atoms with Crippen molar-refractivity contribution in [3.05, 3.63) is 47.0 Å². The smallest absolute Gasteiger partial charge is 0.263 e. The second kappa shape index (κ2) is 6.86. The number of hydrogen-bond donors (Lipinski definition) is 2. The fourth-order valence-corrected chi connectivity index (χ4v) is 4.41. The molecule has 1 aromatic heterocycles. The SMILES string of the molecule is CCCN1CCc2c(S(=O)(=O)Nc3ccc(C#N)cc3F)c[nH]c2C1. The van der Waals surface area contributed by atoms with Crippen molar-refractivity contribution in [2.45, 2.75) is 31.2 Å². The van der Waals surface area contributed by atoms with Crippen LogP contribution in [-0.2, 0) is 23.0 Å². The summed E-state index contributed by atoms with van der Waals surface area (Å²) in [6.45, 7) is 4.56. The lowest BCUT2D eigenvalue weighted by molar-refractivity contribution is 0.251. The van der Waals surface area contributed by atoms with Gasteiger partial charge in [-0.15, -0.1) is 0 Å². The molecule has 0 fully saturated rings. The van der Waals surface area contributed by atoms with Crippen molar-refractivity contribution in [1.29, 1.82) is 5.26 Å². The maximum absolute atomic E-state index is 14.0. The third-order valence-electron chi connectivity index (χ3n) is 4.27. The van der Waals surface area contributed by atoms with Crippen LogP contribution in [0.4, 0.5) is 10.1 Å². The second-order valence-electron chi connectivity index (χ2n) is 6.05. The number of sulfonamides is 1. The van der Waals surface area contributed by atoms with Crippen molar-refractivity contribution in [2.24, 2.45) is 0 Å². The molecule has 0 saturated carbocycles. The number of nitrogens with zero attached hydrogens (tertiary/aromatic N) is 2. The molecule has 25 heavy (non-hydrogen) atoms. The third-order valence-corrected chi connectivity index (χ3v) is 5.70. The van der Waals surface area contributed by atoms with Crippen LogP contribution in [0.1, 0.15) is 30.2 Å². The summed E-state index contributed by atoms with van der Waals surface area (Å²) in [5.74, 6) is -0.777. The Kier molecular flexibility index (Phi) is 4.79. The highest BCUT2D eigenvalue weighted by molar-refractivity contribution is 7.92. The van der Waals surface area contributed by atoms with E-state index in [0.717, 1.165) is 36.8 Å². The zero-order valence-electron chi connectivity index (χ0n) is 13.8. The minimum Gasteiger partial charge on any atom is -0.362 e. The van der Waals surface area contributed by atoms with Crippen LogP contribution >= 0.6 is 0 Å². The normalized spacial score (nSPS) is 14.8. The standard InChI is InChI=1S/C17H19FN4O2S/c1-2-6-22-7-5-13-16(11-22)20-10-17(13)25(23,24)21-15-4-3-12(9-19)8-14(15)18/h3-4,8,10,20-21H,2,5-7,11H2,1H3. The van der Waals surface area contributed by atoms with Gasteiger partial charge in [0.2, 0.25) is 0 Å². The molecule has 2 aromatic rings. The maximum atomic E-state index is 14.0. The topological polar surface area (TPSA) is 89.0 Å². The number of hydrogen-bond acceptors (Lipinski definition) is 4. The minimum atomic E-state index is -3.91. The zero-order valence-corrected chi connectivity index (χ0v) is 14.7. The van der Waals surface area contributed by atoms with E-state index in [0.29, 0.717) is 13.0 Å². The highest BCUT2D eigenvalue weighted by Gasteiger charge is 2.27. The van der Waals surface area contributed by atoms with Crippen LogP contribution in [-0.4, -0.2) is 31.4 Å². The van der Waals surface area contributed by atoms with E-state index in [2.05, 4.69) is 21.5 Å². The van der Waals surface area contributed by atoms with Crippen molar-refractivity contribution < 1.29 is 12.8 Å². The third kappa shape index (κ3) is 3.52. The van der Waals surface area contributed by atoms with Gasteiger partial charge in [0.05, 0.1) is 17.3 Å². The predicted octanol–water partition coefficient (Wildman–Crippen LogP) is 2.59. The number of aromatic nitrogens is 1. The molecule has 1 aliphatic rings. The van der Waals surface area contributed by atoms with Gasteiger partial charge >= 0.3 is 0 Å². The Bertz CT molecular complexity index is 931. The van der Waals surface area contributed by atoms with Crippen LogP contribution in [0.15, 0.2) is 29.3 Å². The first-order valence-electron chi connectivity index (χ1n) is 8.08. The first kappa shape index (κ1) is 17.5. The molecule has 132 valence electrons. The van der Waals surface area contributed by atoms with Crippen LogP contribution in [0.3, 0.4) is 0 Å². The monoisotopic (exact) mass is 362 g/mol. The summed E-state index contributed by atoms with van der Waals surface area (Å²) < 4.78 is 41.6. The summed E-state index contributed by atoms with van der Waals surface area (Å²) in [5.41, 5.74) is 1.61. The highest BCUT2D eigenvalue weighted by atomic mass is 32.2. The molecule has 0 saturated heterocycles. The molecule has 0 atom stereocenters. The summed E-state index contributed by atoms with van der Waals surface area (Å²) in [5, 5.41) is 8.76. The minimum absolute atomic E-state index is 0.135. The molecule has 0 bridgehead atoms. The maximum Gasteiger partial charge on any atom is 0.263 e. The van der Waals surface area contributed by atoms with E-state index in [1.165, 1.54) is 18.3 Å². The highest BCUT2D eigenvalue weighted by Crippen LogP contribution is 2.28. The van der Waals surface area contributed by atoms with Crippen molar-refractivity contribution in [3.63, 3.8) is 0 Å². The van der Waals surface area contributed by atoms with E-state index in [-0.39, 0.29) is 16.1 Å². The Morgan fingerprint density at radius 1 is 1.44 bits per heavy atom. The van der Waals surface area contributed by atoms with Gasteiger partial charge in [-0.1, -0.05) is 6.92 Å². The number of anilines is 1. The number of nitriles is 1. The average molecular weight is 362 g/mol. The van der Waals surface area contributed by atoms with E-state index in [9.17, 15) is 12.8 Å². The van der Waals surface area contributed by atoms with Crippen LogP contribution in [0.5, 0.6) is 0 Å². The van der Waals surface area contributed by atoms with Crippen molar-refractivity contribution in [3.8, 4) is 6.07 Å². The van der Waals surface area contributed by atoms with Crippen LogP contribution in [0.2, 0.25) is 0 Å². The van der Waals surface area contributed by atoms with Crippen molar-refractivity contribution >= 4 is 15.7 Å². The van der Waals surface area contributed by atoms with Gasteiger partial charge in [-0.05, 0) is 43.1 Å². The van der Waals surface area contributed by atoms with Crippen LogP contribution in [0.25, 0.3) is 0 Å². The molecular formula is C17H19FN4O2S. The van der Waals surface area contributed by atoms with Gasteiger partial charge in [-0.25, -0.2) is 12.8 Å². The molecule has 2 N–H and O–H groups in total.